The van der Waals surface area contributed by atoms with Crippen molar-refractivity contribution >= 4 is 0 Å². The van der Waals surface area contributed by atoms with Crippen LogP contribution in [0, 0.1) is 0 Å². The zero-order valence-corrected chi connectivity index (χ0v) is 12.1. The molecule has 0 saturated heterocycles. The van der Waals surface area contributed by atoms with Gasteiger partial charge >= 0.3 is 0 Å². The van der Waals surface area contributed by atoms with Crippen molar-refractivity contribution < 1.29 is 10.2 Å². The molecule has 19 heavy (non-hydrogen) atoms. The van der Waals surface area contributed by atoms with Crippen molar-refractivity contribution in [1.29, 1.82) is 0 Å². The second-order valence-corrected chi connectivity index (χ2v) is 5.27. The molecule has 0 amide bonds. The molecule has 1 rings (SSSR count). The van der Waals surface area contributed by atoms with E-state index >= 15 is 0 Å². The van der Waals surface area contributed by atoms with Gasteiger partial charge in [0.2, 0.25) is 0 Å². The summed E-state index contributed by atoms with van der Waals surface area (Å²) in [6, 6.07) is 7.95. The molecule has 0 aliphatic heterocycles. The Hall–Kier alpha value is -0.900. The fraction of sp³-hybridized carbons (Fsp3) is 0.625. The Bertz CT molecular complexity index is 375. The summed E-state index contributed by atoms with van der Waals surface area (Å²) < 4.78 is 0. The van der Waals surface area contributed by atoms with Gasteiger partial charge < -0.3 is 15.9 Å². The summed E-state index contributed by atoms with van der Waals surface area (Å²) in [6.07, 6.45) is 3.24. The Morgan fingerprint density at radius 1 is 1.26 bits per heavy atom. The zero-order valence-electron chi connectivity index (χ0n) is 12.1. The molecule has 1 aromatic carbocycles. The molecule has 0 heterocycles. The third-order valence-electron chi connectivity index (χ3n) is 3.97. The number of aryl methyl sites for hydroxylation is 1. The first-order valence-electron chi connectivity index (χ1n) is 7.24. The van der Waals surface area contributed by atoms with E-state index in [-0.39, 0.29) is 0 Å². The van der Waals surface area contributed by atoms with Gasteiger partial charge in [-0.1, -0.05) is 38.1 Å². The summed E-state index contributed by atoms with van der Waals surface area (Å²) in [5.41, 5.74) is 6.98. The van der Waals surface area contributed by atoms with Gasteiger partial charge in [0, 0.05) is 0 Å². The molecule has 0 fully saturated rings. The highest BCUT2D eigenvalue weighted by atomic mass is 16.3. The number of aliphatic hydroxyl groups excluding tert-OH is 1. The minimum Gasteiger partial charge on any atom is -0.390 e. The maximum Gasteiger partial charge on any atom is 0.0802 e. The van der Waals surface area contributed by atoms with Crippen LogP contribution in [0.15, 0.2) is 24.3 Å². The first kappa shape index (κ1) is 16.2. The maximum atomic E-state index is 10.3. The average Bonchev–Trinajstić information content (AvgIpc) is 2.45. The van der Waals surface area contributed by atoms with E-state index < -0.39 is 11.7 Å². The topological polar surface area (TPSA) is 66.5 Å². The van der Waals surface area contributed by atoms with Crippen LogP contribution >= 0.6 is 0 Å². The Morgan fingerprint density at radius 2 is 1.95 bits per heavy atom. The SMILES string of the molecule is CCC(O)(CC)CCc1cccc(C(O)CCN)c1. The number of hydrogen-bond donors (Lipinski definition) is 3. The van der Waals surface area contributed by atoms with Gasteiger partial charge in [-0.05, 0) is 49.8 Å². The molecule has 3 heteroatoms. The minimum atomic E-state index is -0.564. The highest BCUT2D eigenvalue weighted by Crippen LogP contribution is 2.23. The van der Waals surface area contributed by atoms with E-state index in [9.17, 15) is 10.2 Å². The van der Waals surface area contributed by atoms with E-state index in [1.165, 1.54) is 0 Å². The van der Waals surface area contributed by atoms with Gasteiger partial charge in [-0.3, -0.25) is 0 Å². The van der Waals surface area contributed by atoms with Gasteiger partial charge in [0.25, 0.3) is 0 Å². The molecule has 1 atom stereocenters. The summed E-state index contributed by atoms with van der Waals surface area (Å²) in [5, 5.41) is 20.2. The molecule has 0 spiro atoms. The molecule has 1 unspecified atom stereocenters. The second-order valence-electron chi connectivity index (χ2n) is 5.27. The van der Waals surface area contributed by atoms with Crippen LogP contribution in [-0.2, 0) is 6.42 Å². The standard InChI is InChI=1S/C16H27NO2/c1-3-16(19,4-2)10-8-13-6-5-7-14(12-13)15(18)9-11-17/h5-7,12,15,18-19H,3-4,8-11,17H2,1-2H3. The molecule has 0 aliphatic rings. The van der Waals surface area contributed by atoms with Crippen LogP contribution in [-0.4, -0.2) is 22.4 Å². The number of hydrogen-bond acceptors (Lipinski definition) is 3. The maximum absolute atomic E-state index is 10.3. The molecular weight excluding hydrogens is 238 g/mol. The monoisotopic (exact) mass is 265 g/mol. The lowest BCUT2D eigenvalue weighted by Gasteiger charge is -2.25. The molecule has 0 aliphatic carbocycles. The quantitative estimate of drug-likeness (QED) is 0.676. The molecule has 0 aromatic heterocycles. The van der Waals surface area contributed by atoms with Crippen molar-refractivity contribution in [3.05, 3.63) is 35.4 Å². The Labute approximate surface area is 116 Å². The van der Waals surface area contributed by atoms with E-state index in [1.54, 1.807) is 0 Å². The molecule has 0 radical (unpaired) electrons. The lowest BCUT2D eigenvalue weighted by molar-refractivity contribution is 0.0239. The first-order chi connectivity index (χ1) is 9.04. The van der Waals surface area contributed by atoms with Crippen LogP contribution in [0.1, 0.15) is 56.8 Å². The van der Waals surface area contributed by atoms with Crippen molar-refractivity contribution in [2.45, 2.75) is 57.7 Å². The van der Waals surface area contributed by atoms with Crippen molar-refractivity contribution in [2.24, 2.45) is 5.73 Å². The average molecular weight is 265 g/mol. The van der Waals surface area contributed by atoms with Gasteiger partial charge in [-0.25, -0.2) is 0 Å². The summed E-state index contributed by atoms with van der Waals surface area (Å²) in [7, 11) is 0. The van der Waals surface area contributed by atoms with E-state index in [2.05, 4.69) is 0 Å². The molecule has 0 saturated carbocycles. The first-order valence-corrected chi connectivity index (χ1v) is 7.24. The van der Waals surface area contributed by atoms with Gasteiger partial charge in [0.1, 0.15) is 0 Å². The molecule has 108 valence electrons. The highest BCUT2D eigenvalue weighted by Gasteiger charge is 2.21. The lowest BCUT2D eigenvalue weighted by Crippen LogP contribution is -2.27. The van der Waals surface area contributed by atoms with E-state index in [0.29, 0.717) is 13.0 Å². The molecule has 4 N–H and O–H groups in total. The number of aliphatic hydroxyl groups is 2. The van der Waals surface area contributed by atoms with E-state index in [4.69, 9.17) is 5.73 Å². The Morgan fingerprint density at radius 3 is 2.53 bits per heavy atom. The van der Waals surface area contributed by atoms with Crippen molar-refractivity contribution in [2.75, 3.05) is 6.54 Å². The van der Waals surface area contributed by atoms with Crippen LogP contribution in [0.4, 0.5) is 0 Å². The van der Waals surface area contributed by atoms with Gasteiger partial charge in [-0.15, -0.1) is 0 Å². The van der Waals surface area contributed by atoms with Crippen molar-refractivity contribution in [1.82, 2.24) is 0 Å². The van der Waals surface area contributed by atoms with Crippen molar-refractivity contribution in [3.8, 4) is 0 Å². The van der Waals surface area contributed by atoms with Crippen LogP contribution in [0.5, 0.6) is 0 Å². The minimum absolute atomic E-state index is 0.483. The predicted molar refractivity (Wildman–Crippen MR) is 78.9 cm³/mol. The number of benzene rings is 1. The van der Waals surface area contributed by atoms with Crippen LogP contribution in [0.2, 0.25) is 0 Å². The largest absolute Gasteiger partial charge is 0.390 e. The summed E-state index contributed by atoms with van der Waals surface area (Å²) in [6.45, 7) is 4.52. The molecule has 3 nitrogen and oxygen atoms in total. The van der Waals surface area contributed by atoms with Crippen LogP contribution in [0.3, 0.4) is 0 Å². The second kappa shape index (κ2) is 7.63. The van der Waals surface area contributed by atoms with Gasteiger partial charge in [-0.2, -0.15) is 0 Å². The third-order valence-corrected chi connectivity index (χ3v) is 3.97. The highest BCUT2D eigenvalue weighted by molar-refractivity contribution is 5.25. The fourth-order valence-corrected chi connectivity index (χ4v) is 2.26. The summed E-state index contributed by atoms with van der Waals surface area (Å²) in [4.78, 5) is 0. The van der Waals surface area contributed by atoms with Crippen molar-refractivity contribution in [3.63, 3.8) is 0 Å². The third kappa shape index (κ3) is 4.94. The summed E-state index contributed by atoms with van der Waals surface area (Å²) in [5.74, 6) is 0. The van der Waals surface area contributed by atoms with E-state index in [1.807, 2.05) is 38.1 Å². The Kier molecular flexibility index (Phi) is 6.49. The van der Waals surface area contributed by atoms with Crippen LogP contribution < -0.4 is 5.73 Å². The summed E-state index contributed by atoms with van der Waals surface area (Å²) >= 11 is 0. The van der Waals surface area contributed by atoms with E-state index in [0.717, 1.165) is 36.8 Å². The molecule has 1 aromatic rings. The van der Waals surface area contributed by atoms with Gasteiger partial charge in [0.15, 0.2) is 0 Å². The molecule has 0 bridgehead atoms. The normalized spacial score (nSPS) is 13.5. The Balaban J connectivity index is 2.67. The smallest absolute Gasteiger partial charge is 0.0802 e. The predicted octanol–water partition coefficient (Wildman–Crippen LogP) is 2.55. The number of rotatable bonds is 8. The zero-order chi connectivity index (χ0) is 14.3. The molecular formula is C16H27NO2. The fourth-order valence-electron chi connectivity index (χ4n) is 2.26. The van der Waals surface area contributed by atoms with Gasteiger partial charge in [0.05, 0.1) is 11.7 Å². The number of nitrogens with two attached hydrogens (primary N) is 1. The van der Waals surface area contributed by atoms with Crippen LogP contribution in [0.25, 0.3) is 0 Å². The lowest BCUT2D eigenvalue weighted by atomic mass is 9.89.